The molecule has 0 spiro atoms. The van der Waals surface area contributed by atoms with Crippen LogP contribution in [0.5, 0.6) is 11.5 Å². The van der Waals surface area contributed by atoms with E-state index in [0.717, 1.165) is 59.4 Å². The molecule has 0 atom stereocenters. The number of hydrogen-bond acceptors (Lipinski definition) is 6. The van der Waals surface area contributed by atoms with Crippen LogP contribution in [0.15, 0.2) is 42.5 Å². The molecule has 6 nitrogen and oxygen atoms in total. The molecule has 4 rings (SSSR count). The molecule has 0 bridgehead atoms. The standard InChI is InChI=1S/C22H25N3O3S/c1-27-17-9-10-18(28-2)21-20(17)23-22(29-21)25-14-12-24(13-15-25)19(26)11-8-16-6-4-3-5-7-16/h3-7,9-10H,8,11-15H2,1-2H3. The molecule has 1 aliphatic rings. The Morgan fingerprint density at radius 2 is 1.69 bits per heavy atom. The van der Waals surface area contributed by atoms with Crippen molar-refractivity contribution in [1.82, 2.24) is 9.88 Å². The number of amides is 1. The lowest BCUT2D eigenvalue weighted by atomic mass is 10.1. The monoisotopic (exact) mass is 411 g/mol. The molecule has 0 unspecified atom stereocenters. The molecule has 1 aliphatic heterocycles. The predicted molar refractivity (Wildman–Crippen MR) is 116 cm³/mol. The summed E-state index contributed by atoms with van der Waals surface area (Å²) in [6, 6.07) is 14.0. The van der Waals surface area contributed by atoms with Crippen LogP contribution < -0.4 is 14.4 Å². The van der Waals surface area contributed by atoms with Crippen LogP contribution >= 0.6 is 11.3 Å². The molecule has 3 aromatic rings. The molecular weight excluding hydrogens is 386 g/mol. The fourth-order valence-corrected chi connectivity index (χ4v) is 4.74. The van der Waals surface area contributed by atoms with Crippen molar-refractivity contribution in [2.75, 3.05) is 45.3 Å². The number of benzene rings is 2. The number of anilines is 1. The number of nitrogens with zero attached hydrogens (tertiary/aromatic N) is 3. The van der Waals surface area contributed by atoms with Crippen molar-refractivity contribution < 1.29 is 14.3 Å². The lowest BCUT2D eigenvalue weighted by molar-refractivity contribution is -0.131. The molecule has 2 heterocycles. The molecular formula is C22H25N3O3S. The number of methoxy groups -OCH3 is 2. The maximum atomic E-state index is 12.6. The van der Waals surface area contributed by atoms with Crippen molar-refractivity contribution in [2.24, 2.45) is 0 Å². The Morgan fingerprint density at radius 1 is 1.00 bits per heavy atom. The van der Waals surface area contributed by atoms with Crippen LogP contribution in [0.4, 0.5) is 5.13 Å². The third kappa shape index (κ3) is 4.15. The normalized spacial score (nSPS) is 14.3. The largest absolute Gasteiger partial charge is 0.495 e. The Labute approximate surface area is 174 Å². The molecule has 7 heteroatoms. The molecule has 1 aromatic heterocycles. The summed E-state index contributed by atoms with van der Waals surface area (Å²) < 4.78 is 11.9. The first kappa shape index (κ1) is 19.5. The van der Waals surface area contributed by atoms with E-state index in [-0.39, 0.29) is 5.91 Å². The molecule has 0 saturated carbocycles. The number of thiazole rings is 1. The van der Waals surface area contributed by atoms with Crippen LogP contribution in [0, 0.1) is 0 Å². The summed E-state index contributed by atoms with van der Waals surface area (Å²) in [7, 11) is 3.32. The summed E-state index contributed by atoms with van der Waals surface area (Å²) in [6.45, 7) is 3.00. The van der Waals surface area contributed by atoms with Gasteiger partial charge >= 0.3 is 0 Å². The first-order valence-electron chi connectivity index (χ1n) is 9.77. The Balaban J connectivity index is 1.40. The number of piperazine rings is 1. The van der Waals surface area contributed by atoms with Crippen molar-refractivity contribution in [2.45, 2.75) is 12.8 Å². The Kier molecular flexibility index (Phi) is 5.85. The van der Waals surface area contributed by atoms with E-state index >= 15 is 0 Å². The van der Waals surface area contributed by atoms with Gasteiger partial charge < -0.3 is 19.3 Å². The average Bonchev–Trinajstić information content (AvgIpc) is 3.23. The highest BCUT2D eigenvalue weighted by atomic mass is 32.1. The van der Waals surface area contributed by atoms with Gasteiger partial charge in [0, 0.05) is 32.6 Å². The molecule has 0 aliphatic carbocycles. The third-order valence-electron chi connectivity index (χ3n) is 5.27. The minimum Gasteiger partial charge on any atom is -0.495 e. The maximum absolute atomic E-state index is 12.6. The Hall–Kier alpha value is -2.80. The van der Waals surface area contributed by atoms with Crippen LogP contribution in [0.1, 0.15) is 12.0 Å². The second-order valence-electron chi connectivity index (χ2n) is 7.00. The molecule has 2 aromatic carbocycles. The van der Waals surface area contributed by atoms with Gasteiger partial charge in [-0.3, -0.25) is 4.79 Å². The Bertz CT molecular complexity index is 941. The SMILES string of the molecule is COc1ccc(OC)c2sc(N3CCN(C(=O)CCc4ccccc4)CC3)nc12. The van der Waals surface area contributed by atoms with Gasteiger partial charge in [0.1, 0.15) is 21.7 Å². The number of carbonyl (C=O) groups excluding carboxylic acids is 1. The van der Waals surface area contributed by atoms with Crippen molar-refractivity contribution >= 4 is 32.6 Å². The topological polar surface area (TPSA) is 54.9 Å². The zero-order valence-electron chi connectivity index (χ0n) is 16.8. The number of aromatic nitrogens is 1. The van der Waals surface area contributed by atoms with Gasteiger partial charge in [-0.25, -0.2) is 4.98 Å². The van der Waals surface area contributed by atoms with E-state index in [2.05, 4.69) is 17.0 Å². The highest BCUT2D eigenvalue weighted by Gasteiger charge is 2.24. The minimum absolute atomic E-state index is 0.223. The minimum atomic E-state index is 0.223. The van der Waals surface area contributed by atoms with Crippen molar-refractivity contribution in [3.05, 3.63) is 48.0 Å². The van der Waals surface area contributed by atoms with Gasteiger partial charge in [0.2, 0.25) is 5.91 Å². The molecule has 0 radical (unpaired) electrons. The number of aryl methyl sites for hydroxylation is 1. The van der Waals surface area contributed by atoms with E-state index in [1.165, 1.54) is 5.56 Å². The van der Waals surface area contributed by atoms with E-state index in [1.54, 1.807) is 25.6 Å². The van der Waals surface area contributed by atoms with Gasteiger partial charge in [0.25, 0.3) is 0 Å². The number of rotatable bonds is 6. The second-order valence-corrected chi connectivity index (χ2v) is 7.98. The summed E-state index contributed by atoms with van der Waals surface area (Å²) in [5.41, 5.74) is 2.03. The van der Waals surface area contributed by atoms with Crippen LogP contribution in [-0.4, -0.2) is 56.2 Å². The Morgan fingerprint density at radius 3 is 2.38 bits per heavy atom. The van der Waals surface area contributed by atoms with Crippen LogP contribution in [-0.2, 0) is 11.2 Å². The van der Waals surface area contributed by atoms with E-state index < -0.39 is 0 Å². The average molecular weight is 412 g/mol. The maximum Gasteiger partial charge on any atom is 0.223 e. The van der Waals surface area contributed by atoms with Crippen LogP contribution in [0.3, 0.4) is 0 Å². The molecule has 1 fully saturated rings. The molecule has 1 saturated heterocycles. The lowest BCUT2D eigenvalue weighted by Gasteiger charge is -2.34. The molecule has 152 valence electrons. The first-order chi connectivity index (χ1) is 14.2. The smallest absolute Gasteiger partial charge is 0.223 e. The third-order valence-corrected chi connectivity index (χ3v) is 6.40. The summed E-state index contributed by atoms with van der Waals surface area (Å²) >= 11 is 1.61. The van der Waals surface area contributed by atoms with E-state index in [0.29, 0.717) is 6.42 Å². The van der Waals surface area contributed by atoms with E-state index in [4.69, 9.17) is 14.5 Å². The summed E-state index contributed by atoms with van der Waals surface area (Å²) in [4.78, 5) is 21.6. The van der Waals surface area contributed by atoms with Crippen LogP contribution in [0.2, 0.25) is 0 Å². The molecule has 29 heavy (non-hydrogen) atoms. The van der Waals surface area contributed by atoms with Gasteiger partial charge in [0.05, 0.1) is 14.2 Å². The molecule has 0 N–H and O–H groups in total. The summed E-state index contributed by atoms with van der Waals surface area (Å²) in [5.74, 6) is 1.78. The number of hydrogen-bond donors (Lipinski definition) is 0. The van der Waals surface area contributed by atoms with Crippen molar-refractivity contribution in [3.63, 3.8) is 0 Å². The lowest BCUT2D eigenvalue weighted by Crippen LogP contribution is -2.48. The molecule has 1 amide bonds. The number of fused-ring (bicyclic) bond motifs is 1. The first-order valence-corrected chi connectivity index (χ1v) is 10.6. The summed E-state index contributed by atoms with van der Waals surface area (Å²) in [5, 5.41) is 0.944. The van der Waals surface area contributed by atoms with Gasteiger partial charge in [-0.1, -0.05) is 41.7 Å². The highest BCUT2D eigenvalue weighted by molar-refractivity contribution is 7.22. The van der Waals surface area contributed by atoms with Gasteiger partial charge in [-0.15, -0.1) is 0 Å². The fourth-order valence-electron chi connectivity index (χ4n) is 3.61. The van der Waals surface area contributed by atoms with Gasteiger partial charge in [-0.05, 0) is 24.1 Å². The van der Waals surface area contributed by atoms with Gasteiger partial charge in [0.15, 0.2) is 5.13 Å². The van der Waals surface area contributed by atoms with Crippen LogP contribution in [0.25, 0.3) is 10.2 Å². The van der Waals surface area contributed by atoms with Crippen molar-refractivity contribution in [3.8, 4) is 11.5 Å². The zero-order chi connectivity index (χ0) is 20.2. The second kappa shape index (κ2) is 8.69. The van der Waals surface area contributed by atoms with E-state index in [9.17, 15) is 4.79 Å². The highest BCUT2D eigenvalue weighted by Crippen LogP contribution is 2.40. The number of ether oxygens (including phenoxy) is 2. The summed E-state index contributed by atoms with van der Waals surface area (Å²) in [6.07, 6.45) is 1.34. The quantitative estimate of drug-likeness (QED) is 0.620. The predicted octanol–water partition coefficient (Wildman–Crippen LogP) is 3.59. The number of carbonyl (C=O) groups is 1. The fraction of sp³-hybridized carbons (Fsp3) is 0.364. The van der Waals surface area contributed by atoms with Gasteiger partial charge in [-0.2, -0.15) is 0 Å². The zero-order valence-corrected chi connectivity index (χ0v) is 17.6. The van der Waals surface area contributed by atoms with Crippen molar-refractivity contribution in [1.29, 1.82) is 0 Å². The van der Waals surface area contributed by atoms with E-state index in [1.807, 2.05) is 35.2 Å².